The molecule has 2 aromatic carbocycles. The number of hydrogen-bond donors (Lipinski definition) is 1. The maximum Gasteiger partial charge on any atom is 0.405 e. The molecule has 2 aromatic rings. The number of nitrogens with one attached hydrogen (secondary N) is 1. The van der Waals surface area contributed by atoms with Gasteiger partial charge < -0.3 is 10.2 Å². The summed E-state index contributed by atoms with van der Waals surface area (Å²) in [6.07, 6.45) is -3.29. The molecule has 208 valence electrons. The number of benzene rings is 2. The summed E-state index contributed by atoms with van der Waals surface area (Å²) in [5.74, 6) is -3.68. The van der Waals surface area contributed by atoms with Crippen molar-refractivity contribution in [2.45, 2.75) is 44.9 Å². The minimum Gasteiger partial charge on any atom is -0.384 e. The summed E-state index contributed by atoms with van der Waals surface area (Å²) in [5.41, 5.74) is 1.21. The second-order valence-electron chi connectivity index (χ2n) is 9.72. The summed E-state index contributed by atoms with van der Waals surface area (Å²) in [4.78, 5) is 44.5. The molecule has 0 saturated heterocycles. The van der Waals surface area contributed by atoms with Crippen molar-refractivity contribution in [3.05, 3.63) is 68.4 Å². The molecule has 3 amide bonds. The van der Waals surface area contributed by atoms with E-state index < -0.39 is 54.3 Å². The van der Waals surface area contributed by atoms with Gasteiger partial charge in [-0.15, -0.1) is 0 Å². The van der Waals surface area contributed by atoms with Crippen LogP contribution in [0.3, 0.4) is 0 Å². The first-order valence-corrected chi connectivity index (χ1v) is 12.6. The fourth-order valence-corrected chi connectivity index (χ4v) is 4.62. The summed E-state index contributed by atoms with van der Waals surface area (Å²) < 4.78 is 51.3. The van der Waals surface area contributed by atoms with Crippen molar-refractivity contribution in [3.63, 3.8) is 0 Å². The molecule has 1 heterocycles. The van der Waals surface area contributed by atoms with Crippen molar-refractivity contribution in [3.8, 4) is 0 Å². The Morgan fingerprint density at radius 1 is 1.15 bits per heavy atom. The standard InChI is InChI=1S/C26H23Cl2F4N3O4/c1-13-7-15(20-10-25(2,39-34-20)16-8-18(27)22(29)19(28)9-16)5-6-17(13)24(38)35(23(37)14-3-4-14)11-21(36)33-12-26(30,31)32/h5-9,14H,3-4,10-12H2,1-2H3,(H,33,36). The van der Waals surface area contributed by atoms with Crippen molar-refractivity contribution >= 4 is 46.6 Å². The third-order valence-electron chi connectivity index (χ3n) is 6.47. The first-order chi connectivity index (χ1) is 18.2. The normalized spacial score (nSPS) is 18.8. The summed E-state index contributed by atoms with van der Waals surface area (Å²) >= 11 is 11.9. The third kappa shape index (κ3) is 6.52. The molecule has 1 aliphatic carbocycles. The zero-order valence-corrected chi connectivity index (χ0v) is 22.3. The lowest BCUT2D eigenvalue weighted by atomic mass is 9.88. The number of aryl methyl sites for hydroxylation is 1. The molecule has 2 aliphatic rings. The van der Waals surface area contributed by atoms with Crippen molar-refractivity contribution in [1.29, 1.82) is 0 Å². The lowest BCUT2D eigenvalue weighted by Crippen LogP contribution is -2.46. The Hall–Kier alpha value is -3.18. The first kappa shape index (κ1) is 28.8. The highest BCUT2D eigenvalue weighted by atomic mass is 35.5. The Morgan fingerprint density at radius 3 is 2.36 bits per heavy atom. The van der Waals surface area contributed by atoms with E-state index in [-0.39, 0.29) is 22.0 Å². The maximum absolute atomic E-state index is 13.9. The number of rotatable bonds is 7. The van der Waals surface area contributed by atoms with Crippen molar-refractivity contribution in [2.24, 2.45) is 11.1 Å². The summed E-state index contributed by atoms with van der Waals surface area (Å²) in [7, 11) is 0. The van der Waals surface area contributed by atoms with Crippen LogP contribution in [0.15, 0.2) is 35.5 Å². The molecule has 0 radical (unpaired) electrons. The molecular weight excluding hydrogens is 565 g/mol. The Balaban J connectivity index is 1.52. The van der Waals surface area contributed by atoms with Gasteiger partial charge in [-0.1, -0.05) is 34.4 Å². The second kappa shape index (κ2) is 10.8. The van der Waals surface area contributed by atoms with E-state index in [1.807, 2.05) is 0 Å². The number of imide groups is 1. The van der Waals surface area contributed by atoms with Crippen molar-refractivity contribution in [2.75, 3.05) is 13.1 Å². The minimum absolute atomic E-state index is 0.107. The number of oxime groups is 1. The quantitative estimate of drug-likeness (QED) is 0.262. The van der Waals surface area contributed by atoms with Crippen LogP contribution >= 0.6 is 23.2 Å². The van der Waals surface area contributed by atoms with Crippen LogP contribution in [0.1, 0.15) is 53.2 Å². The van der Waals surface area contributed by atoms with Gasteiger partial charge in [0.1, 0.15) is 13.1 Å². The molecule has 39 heavy (non-hydrogen) atoms. The largest absolute Gasteiger partial charge is 0.405 e. The van der Waals surface area contributed by atoms with Crippen molar-refractivity contribution in [1.82, 2.24) is 10.2 Å². The average molecular weight is 588 g/mol. The van der Waals surface area contributed by atoms with Gasteiger partial charge >= 0.3 is 6.18 Å². The maximum atomic E-state index is 13.9. The highest BCUT2D eigenvalue weighted by molar-refractivity contribution is 6.35. The van der Waals surface area contributed by atoms with Gasteiger partial charge in [0.2, 0.25) is 11.8 Å². The van der Waals surface area contributed by atoms with Gasteiger partial charge in [0, 0.05) is 23.5 Å². The van der Waals surface area contributed by atoms with E-state index >= 15 is 0 Å². The highest BCUT2D eigenvalue weighted by Crippen LogP contribution is 2.39. The van der Waals surface area contributed by atoms with Crippen LogP contribution in [0.25, 0.3) is 0 Å². The monoisotopic (exact) mass is 587 g/mol. The topological polar surface area (TPSA) is 88.1 Å². The van der Waals surface area contributed by atoms with Crippen LogP contribution in [-0.4, -0.2) is 47.6 Å². The average Bonchev–Trinajstić information content (AvgIpc) is 3.64. The lowest BCUT2D eigenvalue weighted by Gasteiger charge is -2.23. The van der Waals surface area contributed by atoms with Crippen LogP contribution in [0.5, 0.6) is 0 Å². The summed E-state index contributed by atoms with van der Waals surface area (Å²) in [5, 5.41) is 5.52. The number of carbonyl (C=O) groups is 3. The first-order valence-electron chi connectivity index (χ1n) is 11.9. The zero-order valence-electron chi connectivity index (χ0n) is 20.8. The van der Waals surface area contributed by atoms with Crippen LogP contribution < -0.4 is 5.32 Å². The molecule has 1 unspecified atom stereocenters. The summed E-state index contributed by atoms with van der Waals surface area (Å²) in [6, 6.07) is 7.50. The number of hydrogen-bond acceptors (Lipinski definition) is 5. The Kier molecular flexibility index (Phi) is 7.96. The Labute approximate surface area is 231 Å². The highest BCUT2D eigenvalue weighted by Gasteiger charge is 2.40. The van der Waals surface area contributed by atoms with Gasteiger partial charge in [0.15, 0.2) is 11.4 Å². The molecule has 13 heteroatoms. The van der Waals surface area contributed by atoms with E-state index in [9.17, 15) is 31.9 Å². The fourth-order valence-electron chi connectivity index (χ4n) is 4.14. The summed E-state index contributed by atoms with van der Waals surface area (Å²) in [6.45, 7) is 0.959. The molecule has 0 bridgehead atoms. The van der Waals surface area contributed by atoms with Gasteiger partial charge in [0.05, 0.1) is 15.8 Å². The SMILES string of the molecule is Cc1cc(C2=NOC(C)(c3cc(Cl)c(F)c(Cl)c3)C2)ccc1C(=O)N(CC(=O)NCC(F)(F)F)C(=O)C1CC1. The third-order valence-corrected chi connectivity index (χ3v) is 7.02. The van der Waals surface area contributed by atoms with Gasteiger partial charge in [-0.05, 0) is 62.1 Å². The number of nitrogens with zero attached hydrogens (tertiary/aromatic N) is 2. The van der Waals surface area contributed by atoms with Gasteiger partial charge in [-0.2, -0.15) is 13.2 Å². The van der Waals surface area contributed by atoms with Gasteiger partial charge in [-0.3, -0.25) is 19.3 Å². The number of halogens is 6. The Bertz CT molecular complexity index is 1350. The van der Waals surface area contributed by atoms with E-state index in [2.05, 4.69) is 5.16 Å². The second-order valence-corrected chi connectivity index (χ2v) is 10.5. The molecule has 1 saturated carbocycles. The predicted molar refractivity (Wildman–Crippen MR) is 135 cm³/mol. The lowest BCUT2D eigenvalue weighted by molar-refractivity contribution is -0.141. The molecule has 0 aromatic heterocycles. The minimum atomic E-state index is -4.63. The number of alkyl halides is 3. The molecule has 1 atom stereocenters. The fraction of sp³-hybridized carbons (Fsp3) is 0.385. The molecular formula is C26H23Cl2F4N3O4. The molecule has 1 N–H and O–H groups in total. The Morgan fingerprint density at radius 2 is 1.79 bits per heavy atom. The van der Waals surface area contributed by atoms with Gasteiger partial charge in [-0.25, -0.2) is 4.39 Å². The molecule has 1 aliphatic heterocycles. The van der Waals surface area contributed by atoms with Crippen molar-refractivity contribution < 1.29 is 36.8 Å². The predicted octanol–water partition coefficient (Wildman–Crippen LogP) is 5.54. The van der Waals surface area contributed by atoms with Crippen LogP contribution in [0, 0.1) is 18.7 Å². The van der Waals surface area contributed by atoms with E-state index in [1.165, 1.54) is 18.2 Å². The molecule has 0 spiro atoms. The van der Waals surface area contributed by atoms with Crippen LogP contribution in [0.4, 0.5) is 17.6 Å². The smallest absolute Gasteiger partial charge is 0.384 e. The van der Waals surface area contributed by atoms with E-state index in [1.54, 1.807) is 31.3 Å². The van der Waals surface area contributed by atoms with Crippen LogP contribution in [0.2, 0.25) is 10.0 Å². The number of carbonyl (C=O) groups excluding carboxylic acids is 3. The van der Waals surface area contributed by atoms with E-state index in [0.29, 0.717) is 40.1 Å². The molecule has 7 nitrogen and oxygen atoms in total. The van der Waals surface area contributed by atoms with Gasteiger partial charge in [0.25, 0.3) is 5.91 Å². The molecule has 4 rings (SSSR count). The van der Waals surface area contributed by atoms with Crippen LogP contribution in [-0.2, 0) is 20.0 Å². The zero-order chi connectivity index (χ0) is 28.7. The van der Waals surface area contributed by atoms with E-state index in [4.69, 9.17) is 28.0 Å². The molecule has 1 fully saturated rings. The van der Waals surface area contributed by atoms with E-state index in [0.717, 1.165) is 0 Å². The number of amides is 3.